The van der Waals surface area contributed by atoms with Crippen LogP contribution in [0.4, 0.5) is 4.79 Å². The molecule has 0 spiro atoms. The summed E-state index contributed by atoms with van der Waals surface area (Å²) >= 11 is 0. The summed E-state index contributed by atoms with van der Waals surface area (Å²) in [5.74, 6) is -0.534. The van der Waals surface area contributed by atoms with E-state index < -0.39 is 5.91 Å². The van der Waals surface area contributed by atoms with Gasteiger partial charge in [0.25, 0.3) is 0 Å². The maximum absolute atomic E-state index is 12.3. The number of nitrogens with two attached hydrogens (primary N) is 1. The Morgan fingerprint density at radius 3 is 2.67 bits per heavy atom. The van der Waals surface area contributed by atoms with Crippen LogP contribution in [0, 0.1) is 0 Å². The number of fused-ring (bicyclic) bond motifs is 1. The molecule has 2 heterocycles. The highest BCUT2D eigenvalue weighted by atomic mass is 16.6. The zero-order valence-electron chi connectivity index (χ0n) is 13.4. The largest absolute Gasteiger partial charge is 0.450 e. The number of ether oxygens (including phenoxy) is 1. The summed E-state index contributed by atoms with van der Waals surface area (Å²) in [5.41, 5.74) is 6.73. The number of imidazole rings is 1. The molecule has 0 bridgehead atoms. The van der Waals surface area contributed by atoms with E-state index in [2.05, 4.69) is 4.98 Å². The standard InChI is InChI=1S/C16H20N4O4/c1-2-24-16(23)19-7-5-11(6-8-19)20-13-4-3-10(14(17)21)9-12(13)18-15(20)22/h3-4,9,11H,2,5-8H2,1H3,(H2,17,21)(H,18,22). The summed E-state index contributed by atoms with van der Waals surface area (Å²) in [6.45, 7) is 3.21. The van der Waals surface area contributed by atoms with E-state index in [1.165, 1.54) is 0 Å². The van der Waals surface area contributed by atoms with Gasteiger partial charge in [0.2, 0.25) is 5.91 Å². The molecule has 1 aliphatic heterocycles. The van der Waals surface area contributed by atoms with E-state index in [9.17, 15) is 14.4 Å². The summed E-state index contributed by atoms with van der Waals surface area (Å²) in [6.07, 6.45) is 1.03. The molecule has 3 N–H and O–H groups in total. The van der Waals surface area contributed by atoms with Crippen LogP contribution in [0.3, 0.4) is 0 Å². The van der Waals surface area contributed by atoms with Crippen molar-refractivity contribution in [3.8, 4) is 0 Å². The molecule has 0 aliphatic carbocycles. The van der Waals surface area contributed by atoms with Crippen LogP contribution >= 0.6 is 0 Å². The molecule has 0 atom stereocenters. The number of amides is 2. The third kappa shape index (κ3) is 2.86. The number of H-pyrrole nitrogens is 1. The lowest BCUT2D eigenvalue weighted by Gasteiger charge is -2.31. The van der Waals surface area contributed by atoms with Crippen molar-refractivity contribution in [2.45, 2.75) is 25.8 Å². The van der Waals surface area contributed by atoms with Gasteiger partial charge in [-0.15, -0.1) is 0 Å². The highest BCUT2D eigenvalue weighted by Crippen LogP contribution is 2.25. The second kappa shape index (κ2) is 6.38. The molecular formula is C16H20N4O4. The second-order valence-corrected chi connectivity index (χ2v) is 5.81. The summed E-state index contributed by atoms with van der Waals surface area (Å²) in [6, 6.07) is 4.92. The number of aromatic nitrogens is 2. The lowest BCUT2D eigenvalue weighted by Crippen LogP contribution is -2.40. The van der Waals surface area contributed by atoms with Gasteiger partial charge in [-0.2, -0.15) is 0 Å². The maximum Gasteiger partial charge on any atom is 0.409 e. The fourth-order valence-electron chi connectivity index (χ4n) is 3.17. The van der Waals surface area contributed by atoms with Crippen LogP contribution in [0.5, 0.6) is 0 Å². The van der Waals surface area contributed by atoms with E-state index in [1.54, 1.807) is 34.6 Å². The zero-order chi connectivity index (χ0) is 17.3. The predicted molar refractivity (Wildman–Crippen MR) is 87.9 cm³/mol. The van der Waals surface area contributed by atoms with E-state index in [0.29, 0.717) is 43.6 Å². The van der Waals surface area contributed by atoms with E-state index in [1.807, 2.05) is 0 Å². The first-order chi connectivity index (χ1) is 11.5. The molecular weight excluding hydrogens is 312 g/mol. The van der Waals surface area contributed by atoms with Crippen molar-refractivity contribution in [1.29, 1.82) is 0 Å². The van der Waals surface area contributed by atoms with Crippen LogP contribution in [0.15, 0.2) is 23.0 Å². The number of primary amides is 1. The Morgan fingerprint density at radius 2 is 2.04 bits per heavy atom. The van der Waals surface area contributed by atoms with E-state index in [4.69, 9.17) is 10.5 Å². The van der Waals surface area contributed by atoms with Gasteiger partial charge in [-0.3, -0.25) is 9.36 Å². The van der Waals surface area contributed by atoms with Crippen molar-refractivity contribution in [2.24, 2.45) is 5.73 Å². The van der Waals surface area contributed by atoms with Crippen molar-refractivity contribution < 1.29 is 14.3 Å². The molecule has 128 valence electrons. The SMILES string of the molecule is CCOC(=O)N1CCC(n2c(=O)[nH]c3cc(C(N)=O)ccc32)CC1. The van der Waals surface area contributed by atoms with Gasteiger partial charge in [-0.05, 0) is 38.0 Å². The summed E-state index contributed by atoms with van der Waals surface area (Å²) in [7, 11) is 0. The fourth-order valence-corrected chi connectivity index (χ4v) is 3.17. The Bertz CT molecular complexity index is 830. The first-order valence-electron chi connectivity index (χ1n) is 7.97. The van der Waals surface area contributed by atoms with Crippen molar-refractivity contribution in [1.82, 2.24) is 14.5 Å². The molecule has 1 aliphatic rings. The van der Waals surface area contributed by atoms with Gasteiger partial charge in [0, 0.05) is 24.7 Å². The second-order valence-electron chi connectivity index (χ2n) is 5.81. The predicted octanol–water partition coefficient (Wildman–Crippen LogP) is 1.22. The minimum atomic E-state index is -0.534. The molecule has 1 fully saturated rings. The Balaban J connectivity index is 1.83. The van der Waals surface area contributed by atoms with Crippen molar-refractivity contribution in [3.05, 3.63) is 34.2 Å². The van der Waals surface area contributed by atoms with Gasteiger partial charge in [-0.1, -0.05) is 0 Å². The molecule has 0 radical (unpaired) electrons. The van der Waals surface area contributed by atoms with Crippen molar-refractivity contribution >= 4 is 23.0 Å². The highest BCUT2D eigenvalue weighted by molar-refractivity contribution is 5.96. The Hall–Kier alpha value is -2.77. The molecule has 8 heteroatoms. The minimum absolute atomic E-state index is 0.00338. The number of rotatable bonds is 3. The van der Waals surface area contributed by atoms with Crippen LogP contribution in [-0.2, 0) is 4.74 Å². The average Bonchev–Trinajstić information content (AvgIpc) is 2.90. The lowest BCUT2D eigenvalue weighted by atomic mass is 10.0. The number of nitrogens with one attached hydrogen (secondary N) is 1. The third-order valence-electron chi connectivity index (χ3n) is 4.36. The first kappa shape index (κ1) is 16.1. The summed E-state index contributed by atoms with van der Waals surface area (Å²) < 4.78 is 6.70. The molecule has 2 amide bonds. The number of likely N-dealkylation sites (tertiary alicyclic amines) is 1. The van der Waals surface area contributed by atoms with Crippen molar-refractivity contribution in [2.75, 3.05) is 19.7 Å². The number of nitrogens with zero attached hydrogens (tertiary/aromatic N) is 2. The molecule has 2 aromatic rings. The summed E-state index contributed by atoms with van der Waals surface area (Å²) in [5, 5.41) is 0. The number of aromatic amines is 1. The summed E-state index contributed by atoms with van der Waals surface area (Å²) in [4.78, 5) is 39.8. The molecule has 1 saturated heterocycles. The quantitative estimate of drug-likeness (QED) is 0.880. The van der Waals surface area contributed by atoms with E-state index >= 15 is 0 Å². The number of carbonyl (C=O) groups excluding carboxylic acids is 2. The topological polar surface area (TPSA) is 110 Å². The van der Waals surface area contributed by atoms with E-state index in [-0.39, 0.29) is 17.8 Å². The number of hydrogen-bond donors (Lipinski definition) is 2. The normalized spacial score (nSPS) is 15.6. The van der Waals surface area contributed by atoms with Gasteiger partial charge < -0.3 is 20.4 Å². The number of piperidine rings is 1. The Labute approximate surface area is 138 Å². The number of hydrogen-bond acceptors (Lipinski definition) is 4. The fraction of sp³-hybridized carbons (Fsp3) is 0.438. The molecule has 24 heavy (non-hydrogen) atoms. The molecule has 1 aromatic heterocycles. The number of carbonyl (C=O) groups is 2. The first-order valence-corrected chi connectivity index (χ1v) is 7.97. The van der Waals surface area contributed by atoms with Crippen molar-refractivity contribution in [3.63, 3.8) is 0 Å². The van der Waals surface area contributed by atoms with Gasteiger partial charge >= 0.3 is 11.8 Å². The van der Waals surface area contributed by atoms with Crippen LogP contribution in [-0.4, -0.2) is 46.1 Å². The van der Waals surface area contributed by atoms with Crippen LogP contribution in [0.25, 0.3) is 11.0 Å². The molecule has 0 saturated carbocycles. The Morgan fingerprint density at radius 1 is 1.33 bits per heavy atom. The molecule has 1 aromatic carbocycles. The van der Waals surface area contributed by atoms with Gasteiger partial charge in [0.1, 0.15) is 0 Å². The molecule has 8 nitrogen and oxygen atoms in total. The third-order valence-corrected chi connectivity index (χ3v) is 4.36. The average molecular weight is 332 g/mol. The van der Waals surface area contributed by atoms with E-state index in [0.717, 1.165) is 5.52 Å². The highest BCUT2D eigenvalue weighted by Gasteiger charge is 2.26. The minimum Gasteiger partial charge on any atom is -0.450 e. The maximum atomic E-state index is 12.3. The van der Waals surface area contributed by atoms with Gasteiger partial charge in [0.15, 0.2) is 0 Å². The molecule has 3 rings (SSSR count). The number of benzene rings is 1. The Kier molecular flexibility index (Phi) is 4.28. The zero-order valence-corrected chi connectivity index (χ0v) is 13.4. The lowest BCUT2D eigenvalue weighted by molar-refractivity contribution is 0.0927. The van der Waals surface area contributed by atoms with Gasteiger partial charge in [0.05, 0.1) is 17.6 Å². The van der Waals surface area contributed by atoms with Crippen LogP contribution < -0.4 is 11.4 Å². The van der Waals surface area contributed by atoms with Gasteiger partial charge in [-0.25, -0.2) is 9.59 Å². The van der Waals surface area contributed by atoms with Crippen LogP contribution in [0.2, 0.25) is 0 Å². The van der Waals surface area contributed by atoms with Crippen LogP contribution in [0.1, 0.15) is 36.2 Å². The monoisotopic (exact) mass is 332 g/mol. The molecule has 0 unspecified atom stereocenters. The smallest absolute Gasteiger partial charge is 0.409 e.